The van der Waals surface area contributed by atoms with E-state index in [1.54, 1.807) is 26.0 Å². The monoisotopic (exact) mass is 303 g/mol. The van der Waals surface area contributed by atoms with Gasteiger partial charge in [-0.15, -0.1) is 0 Å². The van der Waals surface area contributed by atoms with Crippen molar-refractivity contribution in [1.82, 2.24) is 4.90 Å². The van der Waals surface area contributed by atoms with Crippen LogP contribution in [0.4, 0.5) is 13.2 Å². The van der Waals surface area contributed by atoms with Gasteiger partial charge in [-0.05, 0) is 43.5 Å². The first kappa shape index (κ1) is 17.3. The molecule has 21 heavy (non-hydrogen) atoms. The Morgan fingerprint density at radius 3 is 2.38 bits per heavy atom. The average Bonchev–Trinajstić information content (AvgIpc) is 2.57. The molecule has 0 fully saturated rings. The normalized spacial score (nSPS) is 16.2. The summed E-state index contributed by atoms with van der Waals surface area (Å²) in [6.45, 7) is 5.00. The van der Waals surface area contributed by atoms with Crippen LogP contribution in [0.15, 0.2) is 12.1 Å². The highest BCUT2D eigenvalue weighted by Crippen LogP contribution is 2.43. The zero-order chi connectivity index (χ0) is 15.3. The number of benzene rings is 1. The Bertz CT molecular complexity index is 565. The number of ether oxygens (including phenoxy) is 1. The quantitative estimate of drug-likeness (QED) is 0.790. The lowest BCUT2D eigenvalue weighted by atomic mass is 9.92. The van der Waals surface area contributed by atoms with Crippen LogP contribution in [0, 0.1) is 6.92 Å². The molecule has 1 aliphatic heterocycles. The molecule has 0 bridgehead atoms. The number of alkyl halides is 3. The fourth-order valence-electron chi connectivity index (χ4n) is 2.66. The maximum atomic E-state index is 12.7. The van der Waals surface area contributed by atoms with E-state index >= 15 is 0 Å². The van der Waals surface area contributed by atoms with E-state index in [1.165, 1.54) is 7.11 Å². The number of carbonyl (C=O) groups is 1. The Morgan fingerprint density at radius 2 is 1.90 bits per heavy atom. The van der Waals surface area contributed by atoms with Crippen LogP contribution in [-0.2, 0) is 16.9 Å². The molecule has 0 saturated carbocycles. The number of hydrogen-bond donors (Lipinski definition) is 0. The van der Waals surface area contributed by atoms with Gasteiger partial charge in [-0.3, -0.25) is 4.79 Å². The van der Waals surface area contributed by atoms with Crippen molar-refractivity contribution < 1.29 is 22.7 Å². The number of nitrogens with zero attached hydrogens (tertiary/aromatic N) is 1. The van der Waals surface area contributed by atoms with Gasteiger partial charge in [0.15, 0.2) is 0 Å². The molecule has 118 valence electrons. The molecule has 3 nitrogen and oxygen atoms in total. The summed E-state index contributed by atoms with van der Waals surface area (Å²) in [7, 11) is 1.51. The summed E-state index contributed by atoms with van der Waals surface area (Å²) in [5, 5.41) is 0. The minimum atomic E-state index is -4.86. The first-order valence-electron chi connectivity index (χ1n) is 6.16. The molecule has 0 saturated heterocycles. The van der Waals surface area contributed by atoms with E-state index in [0.29, 0.717) is 11.3 Å². The molecule has 1 heterocycles. The molecule has 1 aromatic carbocycles. The maximum absolute atomic E-state index is 12.7. The number of hydrogen-bond acceptors (Lipinski definition) is 2. The third kappa shape index (κ3) is 2.71. The molecule has 0 N–H and O–H groups in total. The Labute approximate surface area is 122 Å². The van der Waals surface area contributed by atoms with Gasteiger partial charge in [0.25, 0.3) is 0 Å². The molecule has 1 aliphatic rings. The molecule has 0 radical (unpaired) electrons. The predicted molar refractivity (Wildman–Crippen MR) is 74.1 cm³/mol. The lowest BCUT2D eigenvalue weighted by Gasteiger charge is -2.33. The number of amides is 1. The molecule has 2 rings (SSSR count). The number of fused-ring (bicyclic) bond motifs is 1. The van der Waals surface area contributed by atoms with E-state index < -0.39 is 17.6 Å². The second-order valence-corrected chi connectivity index (χ2v) is 5.43. The second-order valence-electron chi connectivity index (χ2n) is 5.43. The molecule has 1 aromatic rings. The van der Waals surface area contributed by atoms with Gasteiger partial charge in [0.1, 0.15) is 5.75 Å². The lowest BCUT2D eigenvalue weighted by molar-refractivity contribution is -0.191. The summed E-state index contributed by atoms with van der Waals surface area (Å²) in [4.78, 5) is 12.4. The summed E-state index contributed by atoms with van der Waals surface area (Å²) >= 11 is 0. The Morgan fingerprint density at radius 1 is 1.33 bits per heavy atom. The van der Waals surface area contributed by atoms with Gasteiger partial charge in [-0.1, -0.05) is 13.5 Å². The molecule has 0 aliphatic carbocycles. The smallest absolute Gasteiger partial charge is 0.471 e. The lowest BCUT2D eigenvalue weighted by Crippen LogP contribution is -2.46. The average molecular weight is 303 g/mol. The Balaban J connectivity index is 0.00000220. The summed E-state index contributed by atoms with van der Waals surface area (Å²) < 4.78 is 43.2. The molecule has 0 unspecified atom stereocenters. The highest BCUT2D eigenvalue weighted by molar-refractivity contribution is 5.83. The van der Waals surface area contributed by atoms with E-state index in [4.69, 9.17) is 4.74 Å². The topological polar surface area (TPSA) is 29.5 Å². The number of methoxy groups -OCH3 is 1. The van der Waals surface area contributed by atoms with E-state index in [1.807, 2.05) is 6.92 Å². The third-order valence-corrected chi connectivity index (χ3v) is 3.77. The van der Waals surface area contributed by atoms with E-state index in [2.05, 4.69) is 0 Å². The number of halogens is 3. The fraction of sp³-hybridized carbons (Fsp3) is 0.533. The van der Waals surface area contributed by atoms with Crippen LogP contribution in [-0.4, -0.2) is 24.1 Å². The van der Waals surface area contributed by atoms with E-state index in [9.17, 15) is 18.0 Å². The van der Waals surface area contributed by atoms with Gasteiger partial charge < -0.3 is 9.64 Å². The van der Waals surface area contributed by atoms with Crippen LogP contribution in [0.2, 0.25) is 0 Å². The van der Waals surface area contributed by atoms with Gasteiger partial charge in [0.2, 0.25) is 0 Å². The molecule has 0 atom stereocenters. The van der Waals surface area contributed by atoms with Crippen molar-refractivity contribution in [3.8, 4) is 5.75 Å². The van der Waals surface area contributed by atoms with Crippen molar-refractivity contribution in [2.24, 2.45) is 0 Å². The van der Waals surface area contributed by atoms with E-state index in [0.717, 1.165) is 16.0 Å². The highest BCUT2D eigenvalue weighted by atomic mass is 19.4. The van der Waals surface area contributed by atoms with Gasteiger partial charge in [-0.2, -0.15) is 13.2 Å². The first-order chi connectivity index (χ1) is 9.09. The number of aryl methyl sites for hydroxylation is 1. The molecule has 6 heteroatoms. The molecular weight excluding hydrogens is 283 g/mol. The van der Waals surface area contributed by atoms with Crippen molar-refractivity contribution in [2.75, 3.05) is 7.11 Å². The summed E-state index contributed by atoms with van der Waals surface area (Å²) in [5.41, 5.74) is 1.25. The van der Waals surface area contributed by atoms with E-state index in [-0.39, 0.29) is 14.0 Å². The van der Waals surface area contributed by atoms with Crippen LogP contribution in [0.5, 0.6) is 5.75 Å². The van der Waals surface area contributed by atoms with Gasteiger partial charge in [0.05, 0.1) is 12.6 Å². The highest BCUT2D eigenvalue weighted by Gasteiger charge is 2.50. The van der Waals surface area contributed by atoms with Gasteiger partial charge in [-0.25, -0.2) is 0 Å². The third-order valence-electron chi connectivity index (χ3n) is 3.77. The van der Waals surface area contributed by atoms with Gasteiger partial charge in [0, 0.05) is 6.54 Å². The van der Waals surface area contributed by atoms with Crippen molar-refractivity contribution in [3.05, 3.63) is 28.8 Å². The summed E-state index contributed by atoms with van der Waals surface area (Å²) in [6.07, 6.45) is -4.86. The maximum Gasteiger partial charge on any atom is 0.471 e. The number of carbonyl (C=O) groups excluding carboxylic acids is 1. The molecule has 0 spiro atoms. The second kappa shape index (κ2) is 5.24. The summed E-state index contributed by atoms with van der Waals surface area (Å²) in [6, 6.07) is 3.49. The standard InChI is InChI=1S/C14H16F3NO2.CH4/c1-8-5-9-7-18(12(19)14(15,16)17)13(2,3)10(9)6-11(8)20-4;/h5-6H,7H2,1-4H3;1H4. The molecule has 0 aromatic heterocycles. The van der Waals surface area contributed by atoms with Crippen LogP contribution in [0.3, 0.4) is 0 Å². The SMILES string of the molecule is C.COc1cc2c(cc1C)CN(C(=O)C(F)(F)F)C2(C)C. The zero-order valence-electron chi connectivity index (χ0n) is 11.8. The minimum absolute atomic E-state index is 0. The fourth-order valence-corrected chi connectivity index (χ4v) is 2.66. The Hall–Kier alpha value is -1.72. The summed E-state index contributed by atoms with van der Waals surface area (Å²) in [5.74, 6) is -1.20. The zero-order valence-corrected chi connectivity index (χ0v) is 11.8. The van der Waals surface area contributed by atoms with Crippen molar-refractivity contribution in [3.63, 3.8) is 0 Å². The molecular formula is C15H20F3NO2. The largest absolute Gasteiger partial charge is 0.496 e. The predicted octanol–water partition coefficient (Wildman–Crippen LogP) is 3.78. The molecule has 1 amide bonds. The number of rotatable bonds is 1. The van der Waals surface area contributed by atoms with Crippen molar-refractivity contribution >= 4 is 5.91 Å². The van der Waals surface area contributed by atoms with Crippen LogP contribution in [0.1, 0.15) is 38.0 Å². The first-order valence-corrected chi connectivity index (χ1v) is 6.16. The van der Waals surface area contributed by atoms with Gasteiger partial charge >= 0.3 is 12.1 Å². The van der Waals surface area contributed by atoms with Crippen LogP contribution < -0.4 is 4.74 Å². The van der Waals surface area contributed by atoms with Crippen LogP contribution in [0.25, 0.3) is 0 Å². The van der Waals surface area contributed by atoms with Crippen LogP contribution >= 0.6 is 0 Å². The van der Waals surface area contributed by atoms with Crippen molar-refractivity contribution in [2.45, 2.75) is 46.5 Å². The Kier molecular flexibility index (Phi) is 4.32. The minimum Gasteiger partial charge on any atom is -0.496 e. The van der Waals surface area contributed by atoms with Crippen molar-refractivity contribution in [1.29, 1.82) is 0 Å².